The van der Waals surface area contributed by atoms with E-state index in [0.29, 0.717) is 16.6 Å². The van der Waals surface area contributed by atoms with Gasteiger partial charge in [-0.3, -0.25) is 0 Å². The molecule has 0 radical (unpaired) electrons. The third-order valence-electron chi connectivity index (χ3n) is 3.57. The minimum Gasteiger partial charge on any atom is -0.317 e. The van der Waals surface area contributed by atoms with Gasteiger partial charge in [-0.2, -0.15) is 5.10 Å². The molecule has 1 aliphatic heterocycles. The van der Waals surface area contributed by atoms with Crippen molar-refractivity contribution >= 4 is 11.6 Å². The zero-order valence-electron chi connectivity index (χ0n) is 10.4. The first-order valence-corrected chi connectivity index (χ1v) is 6.83. The molecule has 0 saturated carbocycles. The van der Waals surface area contributed by atoms with E-state index in [9.17, 15) is 4.39 Å². The van der Waals surface area contributed by atoms with Crippen LogP contribution in [0.3, 0.4) is 0 Å². The summed E-state index contributed by atoms with van der Waals surface area (Å²) in [6.07, 6.45) is 3.84. The second kappa shape index (κ2) is 5.31. The van der Waals surface area contributed by atoms with Crippen molar-refractivity contribution in [3.8, 4) is 5.69 Å². The molecule has 19 heavy (non-hydrogen) atoms. The largest absolute Gasteiger partial charge is 0.317 e. The van der Waals surface area contributed by atoms with Gasteiger partial charge >= 0.3 is 0 Å². The van der Waals surface area contributed by atoms with Gasteiger partial charge in [-0.05, 0) is 50.2 Å². The van der Waals surface area contributed by atoms with E-state index >= 15 is 0 Å². The van der Waals surface area contributed by atoms with Crippen LogP contribution in [-0.4, -0.2) is 22.9 Å². The van der Waals surface area contributed by atoms with Crippen molar-refractivity contribution in [1.29, 1.82) is 0 Å². The lowest BCUT2D eigenvalue weighted by Crippen LogP contribution is -2.27. The SMILES string of the molecule is Fc1cc(Cl)ccc1-n1nccc1C1CCNCC1. The van der Waals surface area contributed by atoms with Crippen LogP contribution in [0.15, 0.2) is 30.5 Å². The average molecular weight is 280 g/mol. The van der Waals surface area contributed by atoms with Crippen molar-refractivity contribution in [2.75, 3.05) is 13.1 Å². The Morgan fingerprint density at radius 1 is 1.26 bits per heavy atom. The van der Waals surface area contributed by atoms with Gasteiger partial charge in [0, 0.05) is 22.8 Å². The number of nitrogens with one attached hydrogen (secondary N) is 1. The van der Waals surface area contributed by atoms with Crippen LogP contribution in [0.1, 0.15) is 24.5 Å². The van der Waals surface area contributed by atoms with E-state index in [0.717, 1.165) is 31.6 Å². The van der Waals surface area contributed by atoms with Crippen LogP contribution in [0.2, 0.25) is 5.02 Å². The first-order chi connectivity index (χ1) is 9.25. The number of piperidine rings is 1. The summed E-state index contributed by atoms with van der Waals surface area (Å²) in [7, 11) is 0. The molecular weight excluding hydrogens is 265 g/mol. The van der Waals surface area contributed by atoms with Gasteiger partial charge in [0.05, 0.1) is 0 Å². The molecule has 1 N–H and O–H groups in total. The number of nitrogens with zero attached hydrogens (tertiary/aromatic N) is 2. The minimum atomic E-state index is -0.341. The third-order valence-corrected chi connectivity index (χ3v) is 3.80. The molecule has 0 aliphatic carbocycles. The van der Waals surface area contributed by atoms with E-state index in [1.54, 1.807) is 23.0 Å². The lowest BCUT2D eigenvalue weighted by atomic mass is 9.94. The maximum atomic E-state index is 14.0. The zero-order valence-corrected chi connectivity index (χ0v) is 11.2. The Morgan fingerprint density at radius 3 is 2.79 bits per heavy atom. The van der Waals surface area contributed by atoms with Crippen LogP contribution in [-0.2, 0) is 0 Å². The third kappa shape index (κ3) is 2.51. The van der Waals surface area contributed by atoms with Crippen molar-refractivity contribution < 1.29 is 4.39 Å². The fraction of sp³-hybridized carbons (Fsp3) is 0.357. The summed E-state index contributed by atoms with van der Waals surface area (Å²) in [5.41, 5.74) is 1.53. The molecule has 1 aromatic carbocycles. The highest BCUT2D eigenvalue weighted by atomic mass is 35.5. The predicted octanol–water partition coefficient (Wildman–Crippen LogP) is 3.13. The molecule has 2 aromatic rings. The van der Waals surface area contributed by atoms with E-state index in [1.165, 1.54) is 6.07 Å². The number of hydrogen-bond donors (Lipinski definition) is 1. The molecule has 1 saturated heterocycles. The molecule has 0 spiro atoms. The van der Waals surface area contributed by atoms with E-state index in [2.05, 4.69) is 10.4 Å². The number of benzene rings is 1. The van der Waals surface area contributed by atoms with Gasteiger partial charge in [0.15, 0.2) is 0 Å². The molecule has 1 aromatic heterocycles. The normalized spacial score (nSPS) is 16.7. The van der Waals surface area contributed by atoms with E-state index in [-0.39, 0.29) is 5.82 Å². The highest BCUT2D eigenvalue weighted by Gasteiger charge is 2.20. The Kier molecular flexibility index (Phi) is 3.53. The zero-order chi connectivity index (χ0) is 13.2. The summed E-state index contributed by atoms with van der Waals surface area (Å²) in [5.74, 6) is 0.0882. The summed E-state index contributed by atoms with van der Waals surface area (Å²) >= 11 is 5.79. The molecular formula is C14H15ClFN3. The van der Waals surface area contributed by atoms with Crippen molar-refractivity contribution in [3.63, 3.8) is 0 Å². The van der Waals surface area contributed by atoms with Crippen LogP contribution >= 0.6 is 11.6 Å². The van der Waals surface area contributed by atoms with Crippen molar-refractivity contribution in [2.45, 2.75) is 18.8 Å². The number of halogens is 2. The number of hydrogen-bond acceptors (Lipinski definition) is 2. The highest BCUT2D eigenvalue weighted by molar-refractivity contribution is 6.30. The van der Waals surface area contributed by atoms with Crippen molar-refractivity contribution in [2.24, 2.45) is 0 Å². The molecule has 0 unspecified atom stereocenters. The molecule has 3 nitrogen and oxygen atoms in total. The average Bonchev–Trinajstić information content (AvgIpc) is 2.89. The highest BCUT2D eigenvalue weighted by Crippen LogP contribution is 2.28. The lowest BCUT2D eigenvalue weighted by molar-refractivity contribution is 0.444. The van der Waals surface area contributed by atoms with Crippen LogP contribution in [0.4, 0.5) is 4.39 Å². The van der Waals surface area contributed by atoms with E-state index < -0.39 is 0 Å². The summed E-state index contributed by atoms with van der Waals surface area (Å²) < 4.78 is 15.7. The summed E-state index contributed by atoms with van der Waals surface area (Å²) in [6, 6.07) is 6.66. The Balaban J connectivity index is 1.99. The molecule has 2 heterocycles. The summed E-state index contributed by atoms with van der Waals surface area (Å²) in [4.78, 5) is 0. The smallest absolute Gasteiger partial charge is 0.150 e. The molecule has 5 heteroatoms. The van der Waals surface area contributed by atoms with E-state index in [1.807, 2.05) is 6.07 Å². The first-order valence-electron chi connectivity index (χ1n) is 6.46. The fourth-order valence-electron chi connectivity index (χ4n) is 2.59. The minimum absolute atomic E-state index is 0.341. The van der Waals surface area contributed by atoms with Crippen LogP contribution < -0.4 is 5.32 Å². The predicted molar refractivity (Wildman–Crippen MR) is 73.4 cm³/mol. The monoisotopic (exact) mass is 279 g/mol. The Labute approximate surface area is 116 Å². The van der Waals surface area contributed by atoms with Crippen molar-refractivity contribution in [1.82, 2.24) is 15.1 Å². The Bertz CT molecular complexity index is 576. The second-order valence-corrected chi connectivity index (χ2v) is 5.22. The van der Waals surface area contributed by atoms with Crippen LogP contribution in [0.5, 0.6) is 0 Å². The maximum absolute atomic E-state index is 14.0. The fourth-order valence-corrected chi connectivity index (χ4v) is 2.75. The van der Waals surface area contributed by atoms with Gasteiger partial charge in [0.2, 0.25) is 0 Å². The maximum Gasteiger partial charge on any atom is 0.150 e. The van der Waals surface area contributed by atoms with Gasteiger partial charge in [0.1, 0.15) is 11.5 Å². The molecule has 1 fully saturated rings. The molecule has 3 rings (SSSR count). The van der Waals surface area contributed by atoms with Gasteiger partial charge in [0.25, 0.3) is 0 Å². The Morgan fingerprint density at radius 2 is 2.05 bits per heavy atom. The summed E-state index contributed by atoms with van der Waals surface area (Å²) in [5, 5.41) is 8.00. The van der Waals surface area contributed by atoms with Gasteiger partial charge < -0.3 is 5.32 Å². The quantitative estimate of drug-likeness (QED) is 0.915. The summed E-state index contributed by atoms with van der Waals surface area (Å²) in [6.45, 7) is 2.00. The van der Waals surface area contributed by atoms with Gasteiger partial charge in [-0.1, -0.05) is 11.6 Å². The van der Waals surface area contributed by atoms with Crippen molar-refractivity contribution in [3.05, 3.63) is 47.0 Å². The standard InChI is InChI=1S/C14H15ClFN3/c15-11-1-2-14(12(16)9-11)19-13(5-8-18-19)10-3-6-17-7-4-10/h1-2,5,8-10,17H,3-4,6-7H2. The molecule has 100 valence electrons. The van der Waals surface area contributed by atoms with Crippen LogP contribution in [0, 0.1) is 5.82 Å². The molecule has 0 atom stereocenters. The Hall–Kier alpha value is -1.39. The number of rotatable bonds is 2. The van der Waals surface area contributed by atoms with E-state index in [4.69, 9.17) is 11.6 Å². The van der Waals surface area contributed by atoms with Crippen LogP contribution in [0.25, 0.3) is 5.69 Å². The molecule has 0 bridgehead atoms. The van der Waals surface area contributed by atoms with Gasteiger partial charge in [-0.15, -0.1) is 0 Å². The number of aromatic nitrogens is 2. The molecule has 0 amide bonds. The molecule has 1 aliphatic rings. The lowest BCUT2D eigenvalue weighted by Gasteiger charge is -2.23. The second-order valence-electron chi connectivity index (χ2n) is 4.79. The van der Waals surface area contributed by atoms with Gasteiger partial charge in [-0.25, -0.2) is 9.07 Å². The topological polar surface area (TPSA) is 29.9 Å². The first kappa shape index (κ1) is 12.6.